The Kier molecular flexibility index (Phi) is 9.02. The zero-order valence-electron chi connectivity index (χ0n) is 20.2. The summed E-state index contributed by atoms with van der Waals surface area (Å²) < 4.78 is 14.4. The van der Waals surface area contributed by atoms with E-state index in [0.29, 0.717) is 50.5 Å². The molecule has 7 nitrogen and oxygen atoms in total. The zero-order valence-corrected chi connectivity index (χ0v) is 26.1. The molecular formula is C26H23ClI2N2O5S. The van der Waals surface area contributed by atoms with Crippen LogP contribution in [0.25, 0.3) is 6.08 Å². The number of rotatable bonds is 7. The molecule has 0 amide bonds. The number of carbonyl (C=O) groups excluding carboxylic acids is 1. The Morgan fingerprint density at radius 2 is 1.95 bits per heavy atom. The van der Waals surface area contributed by atoms with Gasteiger partial charge in [-0.2, -0.15) is 0 Å². The van der Waals surface area contributed by atoms with E-state index in [1.165, 1.54) is 23.0 Å². The van der Waals surface area contributed by atoms with Crippen molar-refractivity contribution in [1.29, 1.82) is 0 Å². The van der Waals surface area contributed by atoms with E-state index in [1.807, 2.05) is 6.92 Å². The molecule has 1 aliphatic heterocycles. The molecule has 11 heteroatoms. The Balaban J connectivity index is 2.05. The van der Waals surface area contributed by atoms with Crippen LogP contribution in [-0.4, -0.2) is 29.4 Å². The van der Waals surface area contributed by atoms with Crippen LogP contribution in [0.3, 0.4) is 0 Å². The summed E-state index contributed by atoms with van der Waals surface area (Å²) in [6, 6.07) is 7.91. The summed E-state index contributed by atoms with van der Waals surface area (Å²) >= 11 is 11.7. The molecule has 0 saturated carbocycles. The summed E-state index contributed by atoms with van der Waals surface area (Å²) in [7, 11) is 1.53. The van der Waals surface area contributed by atoms with Gasteiger partial charge >= 0.3 is 5.97 Å². The minimum absolute atomic E-state index is 0.184. The molecule has 37 heavy (non-hydrogen) atoms. The summed E-state index contributed by atoms with van der Waals surface area (Å²) in [6.45, 7) is 3.93. The molecule has 0 spiro atoms. The highest BCUT2D eigenvalue weighted by Crippen LogP contribution is 2.38. The van der Waals surface area contributed by atoms with E-state index in [4.69, 9.17) is 26.1 Å². The second kappa shape index (κ2) is 11.9. The van der Waals surface area contributed by atoms with E-state index >= 15 is 0 Å². The third-order valence-electron chi connectivity index (χ3n) is 5.72. The fourth-order valence-electron chi connectivity index (χ4n) is 4.15. The molecule has 0 saturated heterocycles. The molecule has 194 valence electrons. The van der Waals surface area contributed by atoms with Crippen molar-refractivity contribution in [2.75, 3.05) is 13.7 Å². The average Bonchev–Trinajstić information content (AvgIpc) is 3.16. The van der Waals surface area contributed by atoms with Crippen LogP contribution in [0.5, 0.6) is 11.5 Å². The lowest BCUT2D eigenvalue weighted by Gasteiger charge is -2.27. The monoisotopic (exact) mass is 764 g/mol. The van der Waals surface area contributed by atoms with Gasteiger partial charge in [-0.1, -0.05) is 36.3 Å². The van der Waals surface area contributed by atoms with Crippen molar-refractivity contribution < 1.29 is 19.4 Å². The zero-order chi connectivity index (χ0) is 26.9. The molecule has 2 aromatic carbocycles. The number of aromatic nitrogens is 1. The summed E-state index contributed by atoms with van der Waals surface area (Å²) in [5.74, 6) is 0.168. The third-order valence-corrected chi connectivity index (χ3v) is 8.58. The van der Waals surface area contributed by atoms with E-state index in [9.17, 15) is 14.7 Å². The second-order valence-corrected chi connectivity index (χ2v) is 11.9. The number of phenolic OH excluding ortho intramolecular Hbond substituents is 1. The van der Waals surface area contributed by atoms with E-state index in [0.717, 1.165) is 12.0 Å². The predicted octanol–water partition coefficient (Wildman–Crippen LogP) is 5.16. The van der Waals surface area contributed by atoms with Crippen molar-refractivity contribution >= 4 is 80.2 Å². The number of nitrogens with zero attached hydrogens (tertiary/aromatic N) is 2. The molecule has 4 rings (SSSR count). The van der Waals surface area contributed by atoms with Crippen molar-refractivity contribution in [3.8, 4) is 11.5 Å². The first-order valence-corrected chi connectivity index (χ1v) is 14.8. The van der Waals surface area contributed by atoms with Gasteiger partial charge in [0.25, 0.3) is 5.56 Å². The largest absolute Gasteiger partial charge is 0.506 e. The highest BCUT2D eigenvalue weighted by Gasteiger charge is 2.36. The third kappa shape index (κ3) is 5.62. The molecule has 0 bridgehead atoms. The molecule has 1 aromatic heterocycles. The number of aromatic hydroxyl groups is 1. The van der Waals surface area contributed by atoms with Crippen LogP contribution in [0.2, 0.25) is 5.02 Å². The van der Waals surface area contributed by atoms with Gasteiger partial charge in [0.05, 0.1) is 36.7 Å². The summed E-state index contributed by atoms with van der Waals surface area (Å²) in [5.41, 5.74) is 1.92. The normalized spacial score (nSPS) is 15.4. The predicted molar refractivity (Wildman–Crippen MR) is 161 cm³/mol. The maximum Gasteiger partial charge on any atom is 0.338 e. The van der Waals surface area contributed by atoms with Gasteiger partial charge in [0, 0.05) is 10.6 Å². The molecule has 1 N–H and O–H groups in total. The molecule has 0 radical (unpaired) electrons. The number of halogens is 3. The summed E-state index contributed by atoms with van der Waals surface area (Å²) in [6.07, 6.45) is 3.06. The van der Waals surface area contributed by atoms with Crippen molar-refractivity contribution in [1.82, 2.24) is 4.57 Å². The van der Waals surface area contributed by atoms with Gasteiger partial charge in [-0.15, -0.1) is 0 Å². The van der Waals surface area contributed by atoms with Crippen LogP contribution < -0.4 is 19.6 Å². The molecular weight excluding hydrogens is 742 g/mol. The topological polar surface area (TPSA) is 90.1 Å². The number of hydrogen-bond acceptors (Lipinski definition) is 7. The van der Waals surface area contributed by atoms with Crippen molar-refractivity contribution in [2.45, 2.75) is 32.7 Å². The Bertz CT molecular complexity index is 1570. The Labute approximate surface area is 249 Å². The van der Waals surface area contributed by atoms with Gasteiger partial charge in [-0.3, -0.25) is 9.36 Å². The maximum atomic E-state index is 13.9. The Morgan fingerprint density at radius 1 is 1.24 bits per heavy atom. The fraction of sp³-hybridized carbons (Fsp3) is 0.269. The summed E-state index contributed by atoms with van der Waals surface area (Å²) in [5, 5.41) is 10.6. The Hall–Kier alpha value is -1.90. The molecule has 0 fully saturated rings. The Morgan fingerprint density at radius 3 is 2.57 bits per heavy atom. The van der Waals surface area contributed by atoms with Gasteiger partial charge in [0.1, 0.15) is 17.5 Å². The molecule has 1 atom stereocenters. The van der Waals surface area contributed by atoms with Crippen LogP contribution in [0.1, 0.15) is 43.9 Å². The summed E-state index contributed by atoms with van der Waals surface area (Å²) in [4.78, 5) is 32.5. The van der Waals surface area contributed by atoms with Crippen LogP contribution in [-0.2, 0) is 9.53 Å². The van der Waals surface area contributed by atoms with E-state index in [1.54, 1.807) is 43.3 Å². The first-order valence-electron chi connectivity index (χ1n) is 11.4. The number of ether oxygens (including phenoxy) is 2. The van der Waals surface area contributed by atoms with Gasteiger partial charge in [0.2, 0.25) is 0 Å². The highest BCUT2D eigenvalue weighted by molar-refractivity contribution is 14.1. The molecule has 0 unspecified atom stereocenters. The molecule has 1 aliphatic rings. The van der Waals surface area contributed by atoms with E-state index in [-0.39, 0.29) is 17.9 Å². The van der Waals surface area contributed by atoms with Gasteiger partial charge in [-0.05, 0) is 100 Å². The lowest BCUT2D eigenvalue weighted by Crippen LogP contribution is -2.40. The van der Waals surface area contributed by atoms with Crippen LogP contribution in [0.15, 0.2) is 51.4 Å². The molecule has 0 aliphatic carbocycles. The fourth-order valence-corrected chi connectivity index (χ4v) is 7.17. The quantitative estimate of drug-likeness (QED) is 0.266. The maximum absolute atomic E-state index is 13.9. The van der Waals surface area contributed by atoms with Crippen molar-refractivity contribution in [2.24, 2.45) is 4.99 Å². The van der Waals surface area contributed by atoms with Crippen LogP contribution in [0, 0.1) is 7.14 Å². The average molecular weight is 765 g/mol. The number of benzene rings is 2. The number of carbonyl (C=O) groups is 1. The van der Waals surface area contributed by atoms with Crippen molar-refractivity contribution in [3.05, 3.63) is 84.6 Å². The van der Waals surface area contributed by atoms with Crippen molar-refractivity contribution in [3.63, 3.8) is 0 Å². The number of esters is 1. The first kappa shape index (κ1) is 28.1. The lowest BCUT2D eigenvalue weighted by molar-refractivity contribution is -0.139. The van der Waals surface area contributed by atoms with Gasteiger partial charge < -0.3 is 14.6 Å². The number of allylic oxidation sites excluding steroid dienone is 1. The smallest absolute Gasteiger partial charge is 0.338 e. The van der Waals surface area contributed by atoms with Gasteiger partial charge in [-0.25, -0.2) is 9.79 Å². The van der Waals surface area contributed by atoms with E-state index in [2.05, 4.69) is 45.2 Å². The number of methoxy groups -OCH3 is 1. The van der Waals surface area contributed by atoms with Gasteiger partial charge in [0.15, 0.2) is 4.80 Å². The molecule has 2 heterocycles. The van der Waals surface area contributed by atoms with E-state index < -0.39 is 12.0 Å². The minimum atomic E-state index is -0.826. The SMILES string of the molecule is CCCC1=C(C(=O)OCC)[C@@H](c2cc(Cl)ccc2OC)n2c(s/c(=C/c3cc(I)c(O)c(I)c3)c2=O)=N1. The molecule has 3 aromatic rings. The van der Waals surface area contributed by atoms with Crippen LogP contribution >= 0.6 is 68.1 Å². The highest BCUT2D eigenvalue weighted by atomic mass is 127. The number of thiazole rings is 1. The van der Waals surface area contributed by atoms with Crippen LogP contribution in [0.4, 0.5) is 0 Å². The lowest BCUT2D eigenvalue weighted by atomic mass is 9.93. The number of hydrogen-bond donors (Lipinski definition) is 1. The number of fused-ring (bicyclic) bond motifs is 1. The standard InChI is InChI=1S/C26H23ClI2N2O5S/c1-4-6-18-21(25(34)36-5-2)22(15-12-14(27)7-8-19(15)35-3)31-24(33)20(37-26(31)30-18)11-13-9-16(28)23(32)17(29)10-13/h7-12,22,32H,4-6H2,1-3H3/b20-11+/t22-/m1/s1. The first-order chi connectivity index (χ1) is 17.7. The second-order valence-electron chi connectivity index (χ2n) is 8.13. The minimum Gasteiger partial charge on any atom is -0.506 e. The number of phenols is 1.